The van der Waals surface area contributed by atoms with E-state index in [2.05, 4.69) is 9.99 Å². The van der Waals surface area contributed by atoms with Gasteiger partial charge in [0.1, 0.15) is 5.84 Å². The second kappa shape index (κ2) is 5.59. The lowest BCUT2D eigenvalue weighted by molar-refractivity contribution is -0.384. The molecule has 0 heterocycles. The average Bonchev–Trinajstić information content (AvgIpc) is 2.27. The van der Waals surface area contributed by atoms with Crippen LogP contribution in [0.1, 0.15) is 12.5 Å². The largest absolute Gasteiger partial charge is 0.384 e. The van der Waals surface area contributed by atoms with Gasteiger partial charge < -0.3 is 10.6 Å². The van der Waals surface area contributed by atoms with Gasteiger partial charge in [0.15, 0.2) is 0 Å². The molecule has 0 fully saturated rings. The van der Waals surface area contributed by atoms with Crippen molar-refractivity contribution in [3.05, 3.63) is 39.9 Å². The topological polar surface area (TPSA) is 108 Å². The smallest absolute Gasteiger partial charge is 0.332 e. The number of nitrogens with two attached hydrogens (primary N) is 1. The lowest BCUT2D eigenvalue weighted by atomic mass is 10.1. The summed E-state index contributed by atoms with van der Waals surface area (Å²) in [6.45, 7) is 1.21. The number of amidine groups is 1. The van der Waals surface area contributed by atoms with Gasteiger partial charge in [0.05, 0.1) is 4.92 Å². The van der Waals surface area contributed by atoms with E-state index in [4.69, 9.17) is 5.73 Å². The monoisotopic (exact) mass is 237 g/mol. The fourth-order valence-corrected chi connectivity index (χ4v) is 1.10. The lowest BCUT2D eigenvalue weighted by Crippen LogP contribution is -2.16. The molecular formula is C10H11N3O4. The zero-order valence-corrected chi connectivity index (χ0v) is 9.12. The molecular weight excluding hydrogens is 226 g/mol. The first kappa shape index (κ1) is 12.6. The second-order valence-electron chi connectivity index (χ2n) is 3.27. The second-order valence-corrected chi connectivity index (χ2v) is 3.27. The van der Waals surface area contributed by atoms with Crippen molar-refractivity contribution in [3.63, 3.8) is 0 Å². The zero-order chi connectivity index (χ0) is 12.8. The molecule has 0 aliphatic heterocycles. The number of nitro benzene ring substituents is 1. The molecule has 0 aliphatic carbocycles. The third-order valence-electron chi connectivity index (χ3n) is 1.82. The molecule has 0 aromatic heterocycles. The van der Waals surface area contributed by atoms with Crippen LogP contribution in [-0.2, 0) is 16.1 Å². The summed E-state index contributed by atoms with van der Waals surface area (Å²) in [5.41, 5.74) is 6.23. The van der Waals surface area contributed by atoms with E-state index in [0.29, 0.717) is 0 Å². The maximum Gasteiger partial charge on any atom is 0.332 e. The van der Waals surface area contributed by atoms with Gasteiger partial charge in [0.25, 0.3) is 5.69 Å². The number of nitro groups is 1. The Morgan fingerprint density at radius 2 is 2.06 bits per heavy atom. The first-order chi connectivity index (χ1) is 7.99. The van der Waals surface area contributed by atoms with Gasteiger partial charge in [-0.2, -0.15) is 0 Å². The number of nitrogens with zero attached hydrogens (tertiary/aromatic N) is 2. The SMILES string of the molecule is CC(=O)O/N=C(\N)Cc1ccc([N+](=O)[O-])cc1. The van der Waals surface area contributed by atoms with Gasteiger partial charge in [-0.1, -0.05) is 17.3 Å². The van der Waals surface area contributed by atoms with Crippen LogP contribution in [0, 0.1) is 10.1 Å². The van der Waals surface area contributed by atoms with Gasteiger partial charge in [-0.25, -0.2) is 4.79 Å². The van der Waals surface area contributed by atoms with E-state index in [0.717, 1.165) is 5.56 Å². The van der Waals surface area contributed by atoms with Crippen LogP contribution in [0.25, 0.3) is 0 Å². The summed E-state index contributed by atoms with van der Waals surface area (Å²) in [7, 11) is 0. The molecule has 0 atom stereocenters. The molecule has 2 N–H and O–H groups in total. The Morgan fingerprint density at radius 1 is 1.47 bits per heavy atom. The molecule has 7 nitrogen and oxygen atoms in total. The number of benzene rings is 1. The van der Waals surface area contributed by atoms with E-state index >= 15 is 0 Å². The van der Waals surface area contributed by atoms with Gasteiger partial charge in [0, 0.05) is 25.5 Å². The predicted molar refractivity (Wildman–Crippen MR) is 60.2 cm³/mol. The van der Waals surface area contributed by atoms with E-state index in [1.165, 1.54) is 19.1 Å². The predicted octanol–water partition coefficient (Wildman–Crippen LogP) is 0.973. The maximum absolute atomic E-state index is 10.5. The summed E-state index contributed by atoms with van der Waals surface area (Å²) in [6.07, 6.45) is 0.255. The molecule has 0 unspecified atom stereocenters. The van der Waals surface area contributed by atoms with Gasteiger partial charge >= 0.3 is 5.97 Å². The van der Waals surface area contributed by atoms with E-state index in [-0.39, 0.29) is 17.9 Å². The van der Waals surface area contributed by atoms with Crippen LogP contribution in [0.2, 0.25) is 0 Å². The van der Waals surface area contributed by atoms with Crippen LogP contribution in [0.3, 0.4) is 0 Å². The summed E-state index contributed by atoms with van der Waals surface area (Å²) in [5, 5.41) is 13.8. The van der Waals surface area contributed by atoms with Crippen molar-refractivity contribution in [2.75, 3.05) is 0 Å². The number of carbonyl (C=O) groups is 1. The number of carbonyl (C=O) groups excluding carboxylic acids is 1. The number of oxime groups is 1. The molecule has 0 saturated carbocycles. The first-order valence-electron chi connectivity index (χ1n) is 4.72. The summed E-state index contributed by atoms with van der Waals surface area (Å²) in [6, 6.07) is 5.87. The first-order valence-corrected chi connectivity index (χ1v) is 4.72. The Kier molecular flexibility index (Phi) is 4.15. The van der Waals surface area contributed by atoms with Gasteiger partial charge in [-0.3, -0.25) is 10.1 Å². The molecule has 90 valence electrons. The molecule has 17 heavy (non-hydrogen) atoms. The standard InChI is InChI=1S/C10H11N3O4/c1-7(14)17-12-10(11)6-8-2-4-9(5-3-8)13(15)16/h2-5H,6H2,1H3,(H2,11,12). The zero-order valence-electron chi connectivity index (χ0n) is 9.12. The van der Waals surface area contributed by atoms with Crippen LogP contribution >= 0.6 is 0 Å². The van der Waals surface area contributed by atoms with Crippen LogP contribution in [-0.4, -0.2) is 16.7 Å². The minimum atomic E-state index is -0.559. The van der Waals surface area contributed by atoms with E-state index in [1.807, 2.05) is 0 Å². The Morgan fingerprint density at radius 3 is 2.53 bits per heavy atom. The molecule has 0 spiro atoms. The molecule has 0 radical (unpaired) electrons. The molecule has 0 saturated heterocycles. The third kappa shape index (κ3) is 4.29. The Bertz CT molecular complexity index is 453. The van der Waals surface area contributed by atoms with Gasteiger partial charge in [0.2, 0.25) is 0 Å². The minimum Gasteiger partial charge on any atom is -0.384 e. The fraction of sp³-hybridized carbons (Fsp3) is 0.200. The van der Waals surface area contributed by atoms with Crippen LogP contribution in [0.4, 0.5) is 5.69 Å². The minimum absolute atomic E-state index is 0.00393. The number of rotatable bonds is 4. The Balaban J connectivity index is 2.66. The van der Waals surface area contributed by atoms with Crippen LogP contribution in [0.15, 0.2) is 29.4 Å². The highest BCUT2D eigenvalue weighted by Crippen LogP contribution is 2.12. The number of hydrogen-bond acceptors (Lipinski definition) is 5. The van der Waals surface area contributed by atoms with Crippen molar-refractivity contribution in [1.82, 2.24) is 0 Å². The summed E-state index contributed by atoms with van der Waals surface area (Å²) in [5.74, 6) is -0.439. The molecule has 1 aromatic rings. The third-order valence-corrected chi connectivity index (χ3v) is 1.82. The maximum atomic E-state index is 10.5. The molecule has 0 amide bonds. The highest BCUT2D eigenvalue weighted by molar-refractivity contribution is 5.83. The molecule has 0 aliphatic rings. The van der Waals surface area contributed by atoms with Crippen molar-refractivity contribution < 1.29 is 14.6 Å². The lowest BCUT2D eigenvalue weighted by Gasteiger charge is -2.00. The summed E-state index contributed by atoms with van der Waals surface area (Å²) in [4.78, 5) is 24.7. The summed E-state index contributed by atoms with van der Waals surface area (Å²) < 4.78 is 0. The highest BCUT2D eigenvalue weighted by atomic mass is 16.7. The highest BCUT2D eigenvalue weighted by Gasteiger charge is 2.05. The molecule has 7 heteroatoms. The van der Waals surface area contributed by atoms with Crippen molar-refractivity contribution in [1.29, 1.82) is 0 Å². The molecule has 0 bridgehead atoms. The van der Waals surface area contributed by atoms with Crippen molar-refractivity contribution in [2.24, 2.45) is 10.9 Å². The quantitative estimate of drug-likeness (QED) is 0.276. The van der Waals surface area contributed by atoms with Gasteiger partial charge in [-0.05, 0) is 5.56 Å². The Labute approximate surface area is 97.0 Å². The summed E-state index contributed by atoms with van der Waals surface area (Å²) >= 11 is 0. The number of non-ortho nitro benzene ring substituents is 1. The molecule has 1 rings (SSSR count). The van der Waals surface area contributed by atoms with E-state index in [1.54, 1.807) is 12.1 Å². The normalized spacial score (nSPS) is 11.0. The van der Waals surface area contributed by atoms with E-state index < -0.39 is 10.9 Å². The van der Waals surface area contributed by atoms with Crippen LogP contribution in [0.5, 0.6) is 0 Å². The van der Waals surface area contributed by atoms with Gasteiger partial charge in [-0.15, -0.1) is 0 Å². The molecule has 1 aromatic carbocycles. The van der Waals surface area contributed by atoms with Crippen molar-refractivity contribution in [3.8, 4) is 0 Å². The average molecular weight is 237 g/mol. The fourth-order valence-electron chi connectivity index (χ4n) is 1.10. The van der Waals surface area contributed by atoms with Crippen molar-refractivity contribution >= 4 is 17.5 Å². The Hall–Kier alpha value is -2.44. The van der Waals surface area contributed by atoms with Crippen molar-refractivity contribution in [2.45, 2.75) is 13.3 Å². The number of hydrogen-bond donors (Lipinski definition) is 1. The van der Waals surface area contributed by atoms with Crippen LogP contribution < -0.4 is 5.73 Å². The van der Waals surface area contributed by atoms with E-state index in [9.17, 15) is 14.9 Å².